The van der Waals surface area contributed by atoms with Crippen LogP contribution in [0.25, 0.3) is 0 Å². The van der Waals surface area contributed by atoms with E-state index in [1.807, 2.05) is 23.1 Å². The molecular weight excluding hydrogens is 485 g/mol. The summed E-state index contributed by atoms with van der Waals surface area (Å²) in [6.45, 7) is 1.65. The summed E-state index contributed by atoms with van der Waals surface area (Å²) >= 11 is 7.35. The summed E-state index contributed by atoms with van der Waals surface area (Å²) in [7, 11) is 0. The van der Waals surface area contributed by atoms with Crippen LogP contribution < -0.4 is 10.6 Å². The minimum Gasteiger partial charge on any atom is -0.339 e. The lowest BCUT2D eigenvalue weighted by atomic mass is 10.1. The molecule has 0 bridgehead atoms. The van der Waals surface area contributed by atoms with Gasteiger partial charge < -0.3 is 10.2 Å². The Balaban J connectivity index is 1.57. The first kappa shape index (κ1) is 20.7. The molecule has 3 rings (SSSR count). The third kappa shape index (κ3) is 5.51. The summed E-state index contributed by atoms with van der Waals surface area (Å²) in [4.78, 5) is 26.9. The lowest BCUT2D eigenvalue weighted by Crippen LogP contribution is -2.34. The van der Waals surface area contributed by atoms with Crippen LogP contribution in [0.5, 0.6) is 0 Å². The minimum absolute atomic E-state index is 0.0722. The van der Waals surface area contributed by atoms with Gasteiger partial charge in [0.2, 0.25) is 0 Å². The van der Waals surface area contributed by atoms with Gasteiger partial charge in [0.1, 0.15) is 0 Å². The van der Waals surface area contributed by atoms with Crippen molar-refractivity contribution in [2.75, 3.05) is 18.4 Å². The molecule has 1 fully saturated rings. The molecule has 0 spiro atoms. The number of halogens is 1. The van der Waals surface area contributed by atoms with Crippen molar-refractivity contribution in [1.29, 1.82) is 0 Å². The largest absolute Gasteiger partial charge is 0.339 e. The summed E-state index contributed by atoms with van der Waals surface area (Å²) in [5.74, 6) is -0.182. The third-order valence-corrected chi connectivity index (χ3v) is 5.77. The van der Waals surface area contributed by atoms with Gasteiger partial charge in [0.05, 0.1) is 5.56 Å². The lowest BCUT2D eigenvalue weighted by Gasteiger charge is -2.20. The first-order valence-electron chi connectivity index (χ1n) is 9.31. The molecular formula is C21H22IN3O2S. The van der Waals surface area contributed by atoms with Crippen LogP contribution >= 0.6 is 34.8 Å². The van der Waals surface area contributed by atoms with Gasteiger partial charge in [-0.05, 0) is 84.0 Å². The maximum Gasteiger partial charge on any atom is 0.258 e. The number of nitrogens with zero attached hydrogens (tertiary/aromatic N) is 1. The Bertz CT molecular complexity index is 862. The standard InChI is InChI=1S/C21H22IN3O2S/c22-18-8-4-3-7-17(18)19(26)24-21(28)23-16-11-9-15(10-12-16)20(27)25-13-5-1-2-6-14-25/h3-4,7-12H,1-2,5-6,13-14H2,(H2,23,24,26,28). The van der Waals surface area contributed by atoms with Gasteiger partial charge in [-0.15, -0.1) is 0 Å². The Morgan fingerprint density at radius 2 is 1.57 bits per heavy atom. The summed E-state index contributed by atoms with van der Waals surface area (Å²) in [5, 5.41) is 5.89. The smallest absolute Gasteiger partial charge is 0.258 e. The van der Waals surface area contributed by atoms with E-state index in [-0.39, 0.29) is 16.9 Å². The number of nitrogens with one attached hydrogen (secondary N) is 2. The second kappa shape index (κ2) is 9.97. The Hall–Kier alpha value is -2.00. The number of anilines is 1. The minimum atomic E-state index is -0.254. The van der Waals surface area contributed by atoms with Crippen LogP contribution in [0.2, 0.25) is 0 Å². The average molecular weight is 507 g/mol. The van der Waals surface area contributed by atoms with Crippen LogP contribution in [-0.4, -0.2) is 34.9 Å². The highest BCUT2D eigenvalue weighted by molar-refractivity contribution is 14.1. The second-order valence-corrected chi connectivity index (χ2v) is 8.24. The molecule has 0 saturated carbocycles. The van der Waals surface area contributed by atoms with Gasteiger partial charge >= 0.3 is 0 Å². The Kier molecular flexibility index (Phi) is 7.38. The van der Waals surface area contributed by atoms with Crippen LogP contribution in [-0.2, 0) is 0 Å². The van der Waals surface area contributed by atoms with Crippen LogP contribution in [0, 0.1) is 3.57 Å². The Morgan fingerprint density at radius 3 is 2.21 bits per heavy atom. The van der Waals surface area contributed by atoms with Crippen molar-refractivity contribution in [3.63, 3.8) is 0 Å². The molecule has 2 aromatic rings. The van der Waals surface area contributed by atoms with Crippen LogP contribution in [0.15, 0.2) is 48.5 Å². The first-order valence-corrected chi connectivity index (χ1v) is 10.8. The maximum atomic E-state index is 12.6. The molecule has 7 heteroatoms. The fraction of sp³-hybridized carbons (Fsp3) is 0.286. The molecule has 2 aromatic carbocycles. The molecule has 1 aliphatic heterocycles. The Labute approximate surface area is 184 Å². The molecule has 1 saturated heterocycles. The van der Waals surface area contributed by atoms with Crippen molar-refractivity contribution in [2.45, 2.75) is 25.7 Å². The molecule has 28 heavy (non-hydrogen) atoms. The van der Waals surface area contributed by atoms with E-state index in [2.05, 4.69) is 33.2 Å². The first-order chi connectivity index (χ1) is 13.5. The highest BCUT2D eigenvalue weighted by Gasteiger charge is 2.17. The van der Waals surface area contributed by atoms with Crippen molar-refractivity contribution in [2.24, 2.45) is 0 Å². The third-order valence-electron chi connectivity index (χ3n) is 4.63. The van der Waals surface area contributed by atoms with E-state index >= 15 is 0 Å². The normalized spacial score (nSPS) is 14.1. The zero-order chi connectivity index (χ0) is 19.9. The van der Waals surface area contributed by atoms with Gasteiger partial charge in [-0.1, -0.05) is 25.0 Å². The van der Waals surface area contributed by atoms with Crippen LogP contribution in [0.4, 0.5) is 5.69 Å². The number of hydrogen-bond donors (Lipinski definition) is 2. The molecule has 0 unspecified atom stereocenters. The molecule has 2 amide bonds. The fourth-order valence-corrected chi connectivity index (χ4v) is 3.97. The molecule has 0 atom stereocenters. The van der Waals surface area contributed by atoms with E-state index < -0.39 is 0 Å². The molecule has 0 radical (unpaired) electrons. The maximum absolute atomic E-state index is 12.6. The van der Waals surface area contributed by atoms with Gasteiger partial charge in [0.15, 0.2) is 5.11 Å². The van der Waals surface area contributed by atoms with E-state index in [1.165, 1.54) is 12.8 Å². The number of likely N-dealkylation sites (tertiary alicyclic amines) is 1. The summed E-state index contributed by atoms with van der Waals surface area (Å²) < 4.78 is 0.858. The topological polar surface area (TPSA) is 61.4 Å². The van der Waals surface area contributed by atoms with Crippen LogP contribution in [0.3, 0.4) is 0 Å². The van der Waals surface area contributed by atoms with Gasteiger partial charge in [-0.25, -0.2) is 0 Å². The molecule has 0 aromatic heterocycles. The van der Waals surface area contributed by atoms with E-state index in [0.29, 0.717) is 11.1 Å². The zero-order valence-electron chi connectivity index (χ0n) is 15.4. The number of thiocarbonyl (C=S) groups is 1. The van der Waals surface area contributed by atoms with E-state index in [4.69, 9.17) is 12.2 Å². The lowest BCUT2D eigenvalue weighted by molar-refractivity contribution is 0.0761. The monoisotopic (exact) mass is 507 g/mol. The van der Waals surface area contributed by atoms with Gasteiger partial charge in [-0.3, -0.25) is 14.9 Å². The predicted octanol–water partition coefficient (Wildman–Crippen LogP) is 4.43. The van der Waals surface area contributed by atoms with Gasteiger partial charge in [-0.2, -0.15) is 0 Å². The van der Waals surface area contributed by atoms with Crippen molar-refractivity contribution in [3.8, 4) is 0 Å². The van der Waals surface area contributed by atoms with Crippen molar-refractivity contribution < 1.29 is 9.59 Å². The summed E-state index contributed by atoms with van der Waals surface area (Å²) in [5.41, 5.74) is 1.97. The number of carbonyl (C=O) groups is 2. The van der Waals surface area contributed by atoms with Crippen LogP contribution in [0.1, 0.15) is 46.4 Å². The number of rotatable bonds is 3. The van der Waals surface area contributed by atoms with Gasteiger partial charge in [0.25, 0.3) is 11.8 Å². The van der Waals surface area contributed by atoms with Gasteiger partial charge in [0, 0.05) is 27.9 Å². The molecule has 1 heterocycles. The van der Waals surface area contributed by atoms with Crippen molar-refractivity contribution in [1.82, 2.24) is 10.2 Å². The molecule has 5 nitrogen and oxygen atoms in total. The average Bonchev–Trinajstić information content (AvgIpc) is 2.97. The van der Waals surface area contributed by atoms with E-state index in [1.54, 1.807) is 30.3 Å². The quantitative estimate of drug-likeness (QED) is 0.477. The summed E-state index contributed by atoms with van der Waals surface area (Å²) in [6, 6.07) is 14.5. The second-order valence-electron chi connectivity index (χ2n) is 6.67. The Morgan fingerprint density at radius 1 is 0.929 bits per heavy atom. The number of amides is 2. The molecule has 1 aliphatic rings. The summed E-state index contributed by atoms with van der Waals surface area (Å²) in [6.07, 6.45) is 4.52. The highest BCUT2D eigenvalue weighted by atomic mass is 127. The fourth-order valence-electron chi connectivity index (χ4n) is 3.13. The SMILES string of the molecule is O=C(NC(=S)Nc1ccc(C(=O)N2CCCCCC2)cc1)c1ccccc1I. The van der Waals surface area contributed by atoms with E-state index in [0.717, 1.165) is 35.2 Å². The number of carbonyl (C=O) groups excluding carboxylic acids is 2. The molecule has 146 valence electrons. The van der Waals surface area contributed by atoms with Crippen molar-refractivity contribution in [3.05, 3.63) is 63.2 Å². The molecule has 0 aliphatic carbocycles. The predicted molar refractivity (Wildman–Crippen MR) is 124 cm³/mol. The molecule has 2 N–H and O–H groups in total. The van der Waals surface area contributed by atoms with E-state index in [9.17, 15) is 9.59 Å². The highest BCUT2D eigenvalue weighted by Crippen LogP contribution is 2.16. The van der Waals surface area contributed by atoms with Crippen molar-refractivity contribution >= 4 is 57.4 Å². The number of benzene rings is 2. The number of hydrogen-bond acceptors (Lipinski definition) is 3. The zero-order valence-corrected chi connectivity index (χ0v) is 18.4.